The molecule has 2 aliphatic rings. The number of ether oxygens (including phenoxy) is 1. The predicted molar refractivity (Wildman–Crippen MR) is 36.2 cm³/mol. The second kappa shape index (κ2) is 1.71. The first kappa shape index (κ1) is 5.24. The molecule has 2 rings (SSSR count). The van der Waals surface area contributed by atoms with Crippen molar-refractivity contribution >= 4 is 0 Å². The highest BCUT2D eigenvalue weighted by Crippen LogP contribution is 2.34. The van der Waals surface area contributed by atoms with Crippen LogP contribution in [0, 0.1) is 0 Å². The molecule has 1 nitrogen and oxygen atoms in total. The summed E-state index contributed by atoms with van der Waals surface area (Å²) >= 11 is 0. The quantitative estimate of drug-likeness (QED) is 0.482. The van der Waals surface area contributed by atoms with Gasteiger partial charge in [-0.1, -0.05) is 18.7 Å². The van der Waals surface area contributed by atoms with E-state index in [9.17, 15) is 0 Å². The van der Waals surface area contributed by atoms with Gasteiger partial charge in [-0.05, 0) is 18.4 Å². The number of epoxide rings is 1. The maximum absolute atomic E-state index is 5.29. The highest BCUT2D eigenvalue weighted by atomic mass is 16.6. The fourth-order valence-corrected chi connectivity index (χ4v) is 1.31. The Morgan fingerprint density at radius 3 is 3.33 bits per heavy atom. The van der Waals surface area contributed by atoms with Gasteiger partial charge in [0.2, 0.25) is 0 Å². The third-order valence-electron chi connectivity index (χ3n) is 1.98. The summed E-state index contributed by atoms with van der Waals surface area (Å²) in [5.74, 6) is 0. The van der Waals surface area contributed by atoms with E-state index in [1.165, 1.54) is 12.0 Å². The summed E-state index contributed by atoms with van der Waals surface area (Å²) in [6, 6.07) is 0. The predicted octanol–water partition coefficient (Wildman–Crippen LogP) is 1.66. The molecule has 1 aliphatic carbocycles. The summed E-state index contributed by atoms with van der Waals surface area (Å²) in [6.07, 6.45) is 7.48. The van der Waals surface area contributed by atoms with Crippen molar-refractivity contribution in [3.63, 3.8) is 0 Å². The molecule has 0 aromatic heterocycles. The molecule has 0 spiro atoms. The number of rotatable bonds is 1. The Labute approximate surface area is 55.0 Å². The molecule has 1 fully saturated rings. The van der Waals surface area contributed by atoms with Gasteiger partial charge in [0, 0.05) is 0 Å². The van der Waals surface area contributed by atoms with Crippen LogP contribution in [0.3, 0.4) is 0 Å². The summed E-state index contributed by atoms with van der Waals surface area (Å²) in [7, 11) is 0. The van der Waals surface area contributed by atoms with Gasteiger partial charge in [-0.2, -0.15) is 0 Å². The molecule has 0 saturated carbocycles. The van der Waals surface area contributed by atoms with E-state index in [1.54, 1.807) is 0 Å². The van der Waals surface area contributed by atoms with Crippen molar-refractivity contribution in [3.8, 4) is 0 Å². The zero-order valence-corrected chi connectivity index (χ0v) is 5.34. The third kappa shape index (κ3) is 0.815. The summed E-state index contributed by atoms with van der Waals surface area (Å²) in [5.41, 5.74) is 1.36. The minimum Gasteiger partial charge on any atom is -0.365 e. The molecule has 0 N–H and O–H groups in total. The summed E-state index contributed by atoms with van der Waals surface area (Å²) < 4.78 is 5.29. The van der Waals surface area contributed by atoms with Crippen molar-refractivity contribution in [3.05, 3.63) is 24.3 Å². The van der Waals surface area contributed by atoms with Crippen molar-refractivity contribution in [1.29, 1.82) is 0 Å². The molecule has 2 atom stereocenters. The zero-order valence-electron chi connectivity index (χ0n) is 5.34. The highest BCUT2D eigenvalue weighted by Gasteiger charge is 2.38. The van der Waals surface area contributed by atoms with Crippen molar-refractivity contribution in [2.75, 3.05) is 0 Å². The molecule has 1 heteroatoms. The van der Waals surface area contributed by atoms with Crippen LogP contribution in [0.5, 0.6) is 0 Å². The number of hydrogen-bond donors (Lipinski definition) is 0. The topological polar surface area (TPSA) is 12.5 Å². The second-order valence-electron chi connectivity index (χ2n) is 2.62. The number of fused-ring (bicyclic) bond motifs is 1. The van der Waals surface area contributed by atoms with Crippen LogP contribution in [0.4, 0.5) is 0 Å². The van der Waals surface area contributed by atoms with Gasteiger partial charge in [-0.3, -0.25) is 0 Å². The van der Waals surface area contributed by atoms with Gasteiger partial charge < -0.3 is 4.74 Å². The van der Waals surface area contributed by atoms with Crippen LogP contribution in [0.15, 0.2) is 24.3 Å². The van der Waals surface area contributed by atoms with Gasteiger partial charge in [0.25, 0.3) is 0 Å². The van der Waals surface area contributed by atoms with E-state index >= 15 is 0 Å². The Morgan fingerprint density at radius 1 is 1.78 bits per heavy atom. The summed E-state index contributed by atoms with van der Waals surface area (Å²) in [6.45, 7) is 3.71. The molecule has 48 valence electrons. The highest BCUT2D eigenvalue weighted by molar-refractivity contribution is 5.24. The Kier molecular flexibility index (Phi) is 0.995. The molecule has 9 heavy (non-hydrogen) atoms. The second-order valence-corrected chi connectivity index (χ2v) is 2.62. The first-order chi connectivity index (χ1) is 4.40. The summed E-state index contributed by atoms with van der Waals surface area (Å²) in [5, 5.41) is 0. The maximum Gasteiger partial charge on any atom is 0.103 e. The Morgan fingerprint density at radius 2 is 2.67 bits per heavy atom. The molecule has 1 saturated heterocycles. The lowest BCUT2D eigenvalue weighted by atomic mass is 10.0. The van der Waals surface area contributed by atoms with Crippen LogP contribution in [0.2, 0.25) is 0 Å². The van der Waals surface area contributed by atoms with Gasteiger partial charge in [-0.25, -0.2) is 0 Å². The van der Waals surface area contributed by atoms with E-state index in [0.717, 1.165) is 6.42 Å². The van der Waals surface area contributed by atoms with Crippen LogP contribution in [0.25, 0.3) is 0 Å². The van der Waals surface area contributed by atoms with Crippen molar-refractivity contribution in [2.45, 2.75) is 25.0 Å². The average Bonchev–Trinajstić information content (AvgIpc) is 2.64. The average molecular weight is 122 g/mol. The molecule has 0 radical (unpaired) electrons. The standard InChI is InChI=1S/C8H10O/c1-2-6-3-4-7-8(5-6)9-7/h2,5,7-8H,1,3-4H2. The van der Waals surface area contributed by atoms with Crippen LogP contribution in [-0.2, 0) is 4.74 Å². The fourth-order valence-electron chi connectivity index (χ4n) is 1.31. The Bertz CT molecular complexity index is 169. The van der Waals surface area contributed by atoms with E-state index in [0.29, 0.717) is 12.2 Å². The first-order valence-electron chi connectivity index (χ1n) is 3.39. The number of hydrogen-bond acceptors (Lipinski definition) is 1. The van der Waals surface area contributed by atoms with Crippen LogP contribution >= 0.6 is 0 Å². The smallest absolute Gasteiger partial charge is 0.103 e. The molecular formula is C8H10O. The lowest BCUT2D eigenvalue weighted by Crippen LogP contribution is -1.98. The minimum absolute atomic E-state index is 0.451. The van der Waals surface area contributed by atoms with Gasteiger partial charge in [-0.15, -0.1) is 0 Å². The lowest BCUT2D eigenvalue weighted by molar-refractivity contribution is 0.385. The van der Waals surface area contributed by atoms with Gasteiger partial charge in [0.05, 0.1) is 6.10 Å². The van der Waals surface area contributed by atoms with Crippen molar-refractivity contribution in [2.24, 2.45) is 0 Å². The van der Waals surface area contributed by atoms with Crippen molar-refractivity contribution < 1.29 is 4.74 Å². The maximum atomic E-state index is 5.29. The molecule has 0 amide bonds. The molecular weight excluding hydrogens is 112 g/mol. The van der Waals surface area contributed by atoms with Gasteiger partial charge >= 0.3 is 0 Å². The lowest BCUT2D eigenvalue weighted by Gasteiger charge is -2.02. The summed E-state index contributed by atoms with van der Waals surface area (Å²) in [4.78, 5) is 0. The Hall–Kier alpha value is -0.560. The SMILES string of the molecule is C=CC1=CC2OC2CC1. The minimum atomic E-state index is 0.451. The monoisotopic (exact) mass is 122 g/mol. The van der Waals surface area contributed by atoms with Gasteiger partial charge in [0.15, 0.2) is 0 Å². The van der Waals surface area contributed by atoms with Crippen molar-refractivity contribution in [1.82, 2.24) is 0 Å². The van der Waals surface area contributed by atoms with E-state index in [2.05, 4.69) is 12.7 Å². The van der Waals surface area contributed by atoms with E-state index < -0.39 is 0 Å². The third-order valence-corrected chi connectivity index (χ3v) is 1.98. The fraction of sp³-hybridized carbons (Fsp3) is 0.500. The van der Waals surface area contributed by atoms with Crippen LogP contribution in [-0.4, -0.2) is 12.2 Å². The van der Waals surface area contributed by atoms with Crippen LogP contribution in [0.1, 0.15) is 12.8 Å². The number of allylic oxidation sites excluding steroid dienone is 2. The van der Waals surface area contributed by atoms with E-state index in [-0.39, 0.29) is 0 Å². The normalized spacial score (nSPS) is 38.9. The molecule has 0 aromatic carbocycles. The van der Waals surface area contributed by atoms with Gasteiger partial charge in [0.1, 0.15) is 6.10 Å². The zero-order chi connectivity index (χ0) is 6.27. The Balaban J connectivity index is 2.14. The molecule has 1 aliphatic heterocycles. The molecule has 0 bridgehead atoms. The largest absolute Gasteiger partial charge is 0.365 e. The molecule has 1 heterocycles. The molecule has 0 aromatic rings. The first-order valence-corrected chi connectivity index (χ1v) is 3.39. The molecule has 2 unspecified atom stereocenters. The van der Waals surface area contributed by atoms with Crippen LogP contribution < -0.4 is 0 Å². The van der Waals surface area contributed by atoms with E-state index in [4.69, 9.17) is 4.74 Å². The van der Waals surface area contributed by atoms with E-state index in [1.807, 2.05) is 6.08 Å².